The molecule has 2 aromatic heterocycles. The lowest BCUT2D eigenvalue weighted by Crippen LogP contribution is -2.26. The summed E-state index contributed by atoms with van der Waals surface area (Å²) in [4.78, 5) is 22.6. The first-order valence-corrected chi connectivity index (χ1v) is 11.2. The van der Waals surface area contributed by atoms with Crippen molar-refractivity contribution in [1.29, 1.82) is 0 Å². The van der Waals surface area contributed by atoms with E-state index < -0.39 is 0 Å². The summed E-state index contributed by atoms with van der Waals surface area (Å²) in [6.45, 7) is 2.04. The molecule has 1 aliphatic rings. The third-order valence-electron chi connectivity index (χ3n) is 5.53. The molecule has 6 nitrogen and oxygen atoms in total. The highest BCUT2D eigenvalue weighted by molar-refractivity contribution is 7.98. The third kappa shape index (κ3) is 3.65. The molecular weight excluding hydrogens is 396 g/mol. The molecule has 1 aliphatic carbocycles. The molecule has 0 atom stereocenters. The van der Waals surface area contributed by atoms with Crippen LogP contribution in [0.15, 0.2) is 63.0 Å². The van der Waals surface area contributed by atoms with Gasteiger partial charge in [0.05, 0.1) is 16.7 Å². The largest absolute Gasteiger partial charge is 0.338 e. The molecule has 0 unspecified atom stereocenters. The molecule has 5 rings (SSSR count). The maximum atomic E-state index is 13.2. The second-order valence-electron chi connectivity index (χ2n) is 7.69. The maximum absolute atomic E-state index is 13.2. The number of nitrogens with zero attached hydrogens (tertiary/aromatic N) is 4. The summed E-state index contributed by atoms with van der Waals surface area (Å²) in [6.07, 6.45) is 4.34. The lowest BCUT2D eigenvalue weighted by Gasteiger charge is -2.18. The van der Waals surface area contributed by atoms with E-state index in [2.05, 4.69) is 10.1 Å². The highest BCUT2D eigenvalue weighted by Gasteiger charge is 2.23. The molecule has 0 bridgehead atoms. The Bertz CT molecular complexity index is 1260. The number of aromatic nitrogens is 4. The molecule has 0 aliphatic heterocycles. The average Bonchev–Trinajstić information content (AvgIpc) is 3.45. The number of hydrogen-bond acceptors (Lipinski definition) is 6. The van der Waals surface area contributed by atoms with Gasteiger partial charge in [-0.15, -0.1) is 0 Å². The Morgan fingerprint density at radius 2 is 1.93 bits per heavy atom. The van der Waals surface area contributed by atoms with Crippen molar-refractivity contribution in [2.24, 2.45) is 0 Å². The Balaban J connectivity index is 1.45. The Morgan fingerprint density at radius 3 is 2.77 bits per heavy atom. The van der Waals surface area contributed by atoms with E-state index in [1.807, 2.05) is 60.0 Å². The quantitative estimate of drug-likeness (QED) is 0.329. The summed E-state index contributed by atoms with van der Waals surface area (Å²) < 4.78 is 7.35. The van der Waals surface area contributed by atoms with Gasteiger partial charge in [-0.05, 0) is 38.0 Å². The van der Waals surface area contributed by atoms with Crippen molar-refractivity contribution in [3.8, 4) is 11.4 Å². The van der Waals surface area contributed by atoms with Crippen LogP contribution in [0.1, 0.15) is 43.2 Å². The average molecular weight is 419 g/mol. The van der Waals surface area contributed by atoms with Crippen LogP contribution in [0.2, 0.25) is 0 Å². The fourth-order valence-electron chi connectivity index (χ4n) is 4.05. The molecule has 1 fully saturated rings. The summed E-state index contributed by atoms with van der Waals surface area (Å²) in [7, 11) is 0. The lowest BCUT2D eigenvalue weighted by atomic mass is 10.1. The van der Waals surface area contributed by atoms with Gasteiger partial charge in [0.1, 0.15) is 0 Å². The fraction of sp³-hybridized carbons (Fsp3) is 0.304. The topological polar surface area (TPSA) is 73.8 Å². The van der Waals surface area contributed by atoms with Crippen LogP contribution in [0.5, 0.6) is 0 Å². The molecule has 0 amide bonds. The van der Waals surface area contributed by atoms with E-state index in [0.717, 1.165) is 47.5 Å². The number of benzene rings is 2. The summed E-state index contributed by atoms with van der Waals surface area (Å²) >= 11 is 1.48. The second kappa shape index (κ2) is 8.07. The predicted octanol–water partition coefficient (Wildman–Crippen LogP) is 5.16. The Morgan fingerprint density at radius 1 is 1.10 bits per heavy atom. The molecule has 152 valence electrons. The van der Waals surface area contributed by atoms with E-state index in [1.54, 1.807) is 0 Å². The summed E-state index contributed by atoms with van der Waals surface area (Å²) in [5.41, 5.74) is 2.85. The van der Waals surface area contributed by atoms with E-state index in [1.165, 1.54) is 11.8 Å². The van der Waals surface area contributed by atoms with E-state index in [0.29, 0.717) is 22.9 Å². The molecular formula is C23H22N4O2S. The van der Waals surface area contributed by atoms with E-state index in [-0.39, 0.29) is 11.6 Å². The summed E-state index contributed by atoms with van der Waals surface area (Å²) in [5.74, 6) is 1.57. The zero-order valence-electron chi connectivity index (χ0n) is 16.7. The van der Waals surface area contributed by atoms with Crippen LogP contribution in [-0.2, 0) is 5.75 Å². The molecule has 30 heavy (non-hydrogen) atoms. The fourth-order valence-corrected chi connectivity index (χ4v) is 4.96. The van der Waals surface area contributed by atoms with Gasteiger partial charge in [-0.2, -0.15) is 4.98 Å². The molecule has 0 spiro atoms. The number of fused-ring (bicyclic) bond motifs is 1. The highest BCUT2D eigenvalue weighted by Crippen LogP contribution is 2.33. The standard InChI is InChI=1S/C23H22N4O2S/c1-15-7-6-8-16(13-15)21-25-20(29-26-21)14-30-23-24-19-12-5-4-11-18(19)22(28)27(23)17-9-2-3-10-17/h4-8,11-13,17H,2-3,9-10,14H2,1H3. The second-order valence-corrected chi connectivity index (χ2v) is 8.64. The number of thioether (sulfide) groups is 1. The van der Waals surface area contributed by atoms with Crippen LogP contribution in [0.4, 0.5) is 0 Å². The minimum atomic E-state index is 0.0426. The van der Waals surface area contributed by atoms with Gasteiger partial charge in [-0.25, -0.2) is 4.98 Å². The van der Waals surface area contributed by atoms with Crippen LogP contribution in [0.25, 0.3) is 22.3 Å². The van der Waals surface area contributed by atoms with Crippen LogP contribution >= 0.6 is 11.8 Å². The smallest absolute Gasteiger partial charge is 0.262 e. The van der Waals surface area contributed by atoms with Gasteiger partial charge in [0.15, 0.2) is 5.16 Å². The normalized spacial score (nSPS) is 14.6. The molecule has 2 heterocycles. The minimum absolute atomic E-state index is 0.0426. The SMILES string of the molecule is Cc1cccc(-c2noc(CSc3nc4ccccc4c(=O)n3C3CCCC3)n2)c1. The van der Waals surface area contributed by atoms with Crippen molar-refractivity contribution >= 4 is 22.7 Å². The summed E-state index contributed by atoms with van der Waals surface area (Å²) in [5, 5.41) is 5.52. The molecule has 0 saturated heterocycles. The molecule has 4 aromatic rings. The third-order valence-corrected chi connectivity index (χ3v) is 6.47. The zero-order chi connectivity index (χ0) is 20.5. The number of hydrogen-bond donors (Lipinski definition) is 0. The molecule has 0 N–H and O–H groups in total. The first-order chi connectivity index (χ1) is 14.7. The van der Waals surface area contributed by atoms with E-state index in [9.17, 15) is 4.79 Å². The van der Waals surface area contributed by atoms with Crippen LogP contribution in [0, 0.1) is 6.92 Å². The molecule has 1 saturated carbocycles. The van der Waals surface area contributed by atoms with Gasteiger partial charge in [0, 0.05) is 11.6 Å². The van der Waals surface area contributed by atoms with Crippen molar-refractivity contribution in [3.63, 3.8) is 0 Å². The van der Waals surface area contributed by atoms with Crippen LogP contribution < -0.4 is 5.56 Å². The van der Waals surface area contributed by atoms with E-state index >= 15 is 0 Å². The van der Waals surface area contributed by atoms with Gasteiger partial charge < -0.3 is 4.52 Å². The van der Waals surface area contributed by atoms with Crippen molar-refractivity contribution in [3.05, 3.63) is 70.3 Å². The number of para-hydroxylation sites is 1. The van der Waals surface area contributed by atoms with Gasteiger partial charge in [0.25, 0.3) is 5.56 Å². The predicted molar refractivity (Wildman–Crippen MR) is 118 cm³/mol. The van der Waals surface area contributed by atoms with Crippen molar-refractivity contribution < 1.29 is 4.52 Å². The number of rotatable bonds is 5. The first-order valence-electron chi connectivity index (χ1n) is 10.2. The molecule has 0 radical (unpaired) electrons. The van der Waals surface area contributed by atoms with Gasteiger partial charge in [-0.3, -0.25) is 9.36 Å². The Hall–Kier alpha value is -2.93. The lowest BCUT2D eigenvalue weighted by molar-refractivity contribution is 0.391. The highest BCUT2D eigenvalue weighted by atomic mass is 32.2. The summed E-state index contributed by atoms with van der Waals surface area (Å²) in [6, 6.07) is 15.8. The number of aryl methyl sites for hydroxylation is 1. The van der Waals surface area contributed by atoms with Crippen LogP contribution in [-0.4, -0.2) is 19.7 Å². The van der Waals surface area contributed by atoms with Crippen molar-refractivity contribution in [2.75, 3.05) is 0 Å². The Kier molecular flexibility index (Phi) is 5.12. The monoisotopic (exact) mass is 418 g/mol. The zero-order valence-corrected chi connectivity index (χ0v) is 17.6. The molecule has 7 heteroatoms. The van der Waals surface area contributed by atoms with Crippen molar-refractivity contribution in [1.82, 2.24) is 19.7 Å². The van der Waals surface area contributed by atoms with Crippen molar-refractivity contribution in [2.45, 2.75) is 49.6 Å². The maximum Gasteiger partial charge on any atom is 0.262 e. The van der Waals surface area contributed by atoms with Gasteiger partial charge >= 0.3 is 0 Å². The first kappa shape index (κ1) is 19.1. The molecule has 2 aromatic carbocycles. The van der Waals surface area contributed by atoms with E-state index in [4.69, 9.17) is 9.51 Å². The Labute approximate surface area is 178 Å². The van der Waals surface area contributed by atoms with Gasteiger partial charge in [-0.1, -0.05) is 65.7 Å². The van der Waals surface area contributed by atoms with Gasteiger partial charge in [0.2, 0.25) is 11.7 Å². The minimum Gasteiger partial charge on any atom is -0.338 e. The van der Waals surface area contributed by atoms with Crippen LogP contribution in [0.3, 0.4) is 0 Å².